The molecule has 0 aromatic rings. The molecule has 0 amide bonds. The van der Waals surface area contributed by atoms with Crippen molar-refractivity contribution in [2.45, 2.75) is 25.7 Å². The molecule has 0 heterocycles. The highest BCUT2D eigenvalue weighted by molar-refractivity contribution is 5.87. The minimum Gasteiger partial charge on any atom is -0.373 e. The molecule has 0 aliphatic rings. The molecular formula is C7H10F4O2. The van der Waals surface area contributed by atoms with Gasteiger partial charge in [-0.1, -0.05) is 6.92 Å². The van der Waals surface area contributed by atoms with Crippen LogP contribution in [0.25, 0.3) is 0 Å². The van der Waals surface area contributed by atoms with Crippen LogP contribution in [0.5, 0.6) is 0 Å². The van der Waals surface area contributed by atoms with E-state index in [0.29, 0.717) is 6.42 Å². The van der Waals surface area contributed by atoms with Crippen molar-refractivity contribution in [3.63, 3.8) is 0 Å². The lowest BCUT2D eigenvalue weighted by Crippen LogP contribution is -2.39. The van der Waals surface area contributed by atoms with Crippen LogP contribution >= 0.6 is 0 Å². The lowest BCUT2D eigenvalue weighted by molar-refractivity contribution is -0.171. The van der Waals surface area contributed by atoms with Gasteiger partial charge in [0.1, 0.15) is 6.61 Å². The van der Waals surface area contributed by atoms with Crippen molar-refractivity contribution < 1.29 is 27.1 Å². The summed E-state index contributed by atoms with van der Waals surface area (Å²) >= 11 is 0. The van der Waals surface area contributed by atoms with Gasteiger partial charge in [-0.25, -0.2) is 8.78 Å². The van der Waals surface area contributed by atoms with Crippen LogP contribution < -0.4 is 0 Å². The molecule has 0 atom stereocenters. The SMILES string of the molecule is CCCOCC(=O)C(F)(F)C(F)F. The van der Waals surface area contributed by atoms with E-state index in [0.717, 1.165) is 0 Å². The Labute approximate surface area is 72.9 Å². The van der Waals surface area contributed by atoms with Crippen LogP contribution in [-0.4, -0.2) is 31.3 Å². The largest absolute Gasteiger partial charge is 0.373 e. The minimum atomic E-state index is -4.59. The summed E-state index contributed by atoms with van der Waals surface area (Å²) in [6, 6.07) is 0. The maximum Gasteiger partial charge on any atom is 0.366 e. The Balaban J connectivity index is 3.95. The van der Waals surface area contributed by atoms with Gasteiger partial charge < -0.3 is 4.74 Å². The fraction of sp³-hybridized carbons (Fsp3) is 0.857. The molecular weight excluding hydrogens is 192 g/mol. The Kier molecular flexibility index (Phi) is 4.90. The Morgan fingerprint density at radius 1 is 1.46 bits per heavy atom. The highest BCUT2D eigenvalue weighted by Crippen LogP contribution is 2.23. The topological polar surface area (TPSA) is 26.3 Å². The highest BCUT2D eigenvalue weighted by Gasteiger charge is 2.48. The second-order valence-electron chi connectivity index (χ2n) is 2.40. The second-order valence-corrected chi connectivity index (χ2v) is 2.40. The molecule has 0 radical (unpaired) electrons. The molecule has 0 aliphatic heterocycles. The molecule has 0 bridgehead atoms. The lowest BCUT2D eigenvalue weighted by Gasteiger charge is -2.13. The molecule has 0 aromatic carbocycles. The van der Waals surface area contributed by atoms with Crippen LogP contribution in [-0.2, 0) is 9.53 Å². The molecule has 78 valence electrons. The van der Waals surface area contributed by atoms with E-state index in [1.165, 1.54) is 0 Å². The number of carbonyl (C=O) groups is 1. The van der Waals surface area contributed by atoms with E-state index in [9.17, 15) is 22.4 Å². The van der Waals surface area contributed by atoms with E-state index in [1.807, 2.05) is 0 Å². The van der Waals surface area contributed by atoms with Gasteiger partial charge in [-0.2, -0.15) is 8.78 Å². The summed E-state index contributed by atoms with van der Waals surface area (Å²) in [6.45, 7) is 0.839. The van der Waals surface area contributed by atoms with Crippen molar-refractivity contribution in [2.75, 3.05) is 13.2 Å². The molecule has 0 saturated carbocycles. The van der Waals surface area contributed by atoms with Crippen LogP contribution in [0.3, 0.4) is 0 Å². The van der Waals surface area contributed by atoms with Crippen molar-refractivity contribution in [3.8, 4) is 0 Å². The Morgan fingerprint density at radius 2 is 2.00 bits per heavy atom. The van der Waals surface area contributed by atoms with E-state index >= 15 is 0 Å². The van der Waals surface area contributed by atoms with Crippen molar-refractivity contribution in [2.24, 2.45) is 0 Å². The molecule has 0 fully saturated rings. The monoisotopic (exact) mass is 202 g/mol. The van der Waals surface area contributed by atoms with Crippen LogP contribution in [0.15, 0.2) is 0 Å². The van der Waals surface area contributed by atoms with Gasteiger partial charge >= 0.3 is 12.3 Å². The number of Topliss-reactive ketones (excluding diaryl/α,β-unsaturated/α-hetero) is 1. The minimum absolute atomic E-state index is 0.102. The fourth-order valence-electron chi connectivity index (χ4n) is 0.527. The van der Waals surface area contributed by atoms with Crippen molar-refractivity contribution in [1.29, 1.82) is 0 Å². The standard InChI is InChI=1S/C7H10F4O2/c1-2-3-13-4-5(12)7(10,11)6(8)9/h6H,2-4H2,1H3. The van der Waals surface area contributed by atoms with Crippen LogP contribution in [0.2, 0.25) is 0 Å². The average Bonchev–Trinajstić information content (AvgIpc) is 2.04. The van der Waals surface area contributed by atoms with Gasteiger partial charge in [0.05, 0.1) is 0 Å². The molecule has 0 rings (SSSR count). The van der Waals surface area contributed by atoms with Gasteiger partial charge in [0, 0.05) is 6.61 Å². The Hall–Kier alpha value is -0.650. The van der Waals surface area contributed by atoms with Crippen molar-refractivity contribution in [1.82, 2.24) is 0 Å². The first-order valence-electron chi connectivity index (χ1n) is 3.70. The normalized spacial score (nSPS) is 12.2. The molecule has 0 saturated heterocycles. The number of carbonyl (C=O) groups excluding carboxylic acids is 1. The van der Waals surface area contributed by atoms with Gasteiger partial charge in [-0.05, 0) is 6.42 Å². The highest BCUT2D eigenvalue weighted by atomic mass is 19.3. The lowest BCUT2D eigenvalue weighted by atomic mass is 10.2. The molecule has 6 heteroatoms. The molecule has 13 heavy (non-hydrogen) atoms. The molecule has 0 aromatic heterocycles. The number of ketones is 1. The Bertz CT molecular complexity index is 170. The number of alkyl halides is 4. The maximum atomic E-state index is 12.2. The third kappa shape index (κ3) is 3.71. The smallest absolute Gasteiger partial charge is 0.366 e. The summed E-state index contributed by atoms with van der Waals surface area (Å²) in [4.78, 5) is 10.4. The van der Waals surface area contributed by atoms with E-state index in [4.69, 9.17) is 0 Å². The number of hydrogen-bond donors (Lipinski definition) is 0. The predicted molar refractivity (Wildman–Crippen MR) is 37.1 cm³/mol. The summed E-state index contributed by atoms with van der Waals surface area (Å²) < 4.78 is 51.9. The second kappa shape index (κ2) is 5.16. The summed E-state index contributed by atoms with van der Waals surface area (Å²) in [5.41, 5.74) is 0. The van der Waals surface area contributed by atoms with Gasteiger partial charge in [-0.3, -0.25) is 4.79 Å². The zero-order chi connectivity index (χ0) is 10.5. The van der Waals surface area contributed by atoms with E-state index < -0.39 is 24.7 Å². The summed E-state index contributed by atoms with van der Waals surface area (Å²) in [5, 5.41) is 0. The molecule has 2 nitrogen and oxygen atoms in total. The van der Waals surface area contributed by atoms with Crippen LogP contribution in [0.1, 0.15) is 13.3 Å². The number of rotatable bonds is 6. The number of ether oxygens (including phenoxy) is 1. The summed E-state index contributed by atoms with van der Waals surface area (Å²) in [5.74, 6) is -6.47. The van der Waals surface area contributed by atoms with Gasteiger partial charge in [0.2, 0.25) is 5.78 Å². The quantitative estimate of drug-likeness (QED) is 0.485. The zero-order valence-corrected chi connectivity index (χ0v) is 7.03. The third-order valence-electron chi connectivity index (χ3n) is 1.23. The summed E-state index contributed by atoms with van der Waals surface area (Å²) in [7, 11) is 0. The molecule has 0 unspecified atom stereocenters. The molecule has 0 aliphatic carbocycles. The van der Waals surface area contributed by atoms with E-state index in [-0.39, 0.29) is 6.61 Å². The van der Waals surface area contributed by atoms with Gasteiger partial charge in [0.25, 0.3) is 0 Å². The third-order valence-corrected chi connectivity index (χ3v) is 1.23. The molecule has 0 spiro atoms. The fourth-order valence-corrected chi connectivity index (χ4v) is 0.527. The first kappa shape index (κ1) is 12.3. The van der Waals surface area contributed by atoms with Crippen LogP contribution in [0.4, 0.5) is 17.6 Å². The average molecular weight is 202 g/mol. The Morgan fingerprint density at radius 3 is 2.38 bits per heavy atom. The zero-order valence-electron chi connectivity index (χ0n) is 7.03. The first-order valence-corrected chi connectivity index (χ1v) is 3.70. The van der Waals surface area contributed by atoms with Crippen LogP contribution in [0, 0.1) is 0 Å². The van der Waals surface area contributed by atoms with Crippen molar-refractivity contribution >= 4 is 5.78 Å². The van der Waals surface area contributed by atoms with Crippen molar-refractivity contribution in [3.05, 3.63) is 0 Å². The van der Waals surface area contributed by atoms with E-state index in [2.05, 4.69) is 4.74 Å². The number of halogens is 4. The first-order chi connectivity index (χ1) is 5.92. The van der Waals surface area contributed by atoms with Gasteiger partial charge in [0.15, 0.2) is 0 Å². The molecule has 0 N–H and O–H groups in total. The number of hydrogen-bond acceptors (Lipinski definition) is 2. The summed E-state index contributed by atoms with van der Waals surface area (Å²) in [6.07, 6.45) is -3.43. The van der Waals surface area contributed by atoms with E-state index in [1.54, 1.807) is 6.92 Å². The predicted octanol–water partition coefficient (Wildman–Crippen LogP) is 1.88. The maximum absolute atomic E-state index is 12.2. The van der Waals surface area contributed by atoms with Gasteiger partial charge in [-0.15, -0.1) is 0 Å².